The van der Waals surface area contributed by atoms with Crippen molar-refractivity contribution in [2.24, 2.45) is 0 Å². The van der Waals surface area contributed by atoms with Crippen LogP contribution in [0.5, 0.6) is 0 Å². The maximum Gasteiger partial charge on any atom is 0.331 e. The highest BCUT2D eigenvalue weighted by Gasteiger charge is 2.34. The summed E-state index contributed by atoms with van der Waals surface area (Å²) >= 11 is 1.60. The highest BCUT2D eigenvalue weighted by Crippen LogP contribution is 2.22. The van der Waals surface area contributed by atoms with E-state index in [4.69, 9.17) is 4.74 Å². The predicted octanol–water partition coefficient (Wildman–Crippen LogP) is 3.08. The SMILES string of the molecule is CCCC(C)(NC(=O)CCc1nc2ccccc2s1)C(=O)OC. The minimum absolute atomic E-state index is 0.161. The monoisotopic (exact) mass is 334 g/mol. The lowest BCUT2D eigenvalue weighted by atomic mass is 9.96. The molecule has 5 nitrogen and oxygen atoms in total. The number of nitrogens with one attached hydrogen (secondary N) is 1. The molecule has 2 aromatic rings. The second-order valence-electron chi connectivity index (χ2n) is 5.70. The van der Waals surface area contributed by atoms with Crippen LogP contribution in [0.25, 0.3) is 10.2 Å². The van der Waals surface area contributed by atoms with Gasteiger partial charge in [0.25, 0.3) is 0 Å². The van der Waals surface area contributed by atoms with Crippen LogP contribution in [0.4, 0.5) is 0 Å². The Morgan fingerprint density at radius 3 is 2.74 bits per heavy atom. The van der Waals surface area contributed by atoms with Gasteiger partial charge in [0, 0.05) is 12.8 Å². The van der Waals surface area contributed by atoms with Crippen LogP contribution in [0.3, 0.4) is 0 Å². The first-order valence-electron chi connectivity index (χ1n) is 7.72. The third-order valence-corrected chi connectivity index (χ3v) is 4.80. The number of amides is 1. The molecule has 1 heterocycles. The normalized spacial score (nSPS) is 13.5. The molecule has 0 aliphatic rings. The molecule has 0 saturated heterocycles. The Balaban J connectivity index is 1.96. The van der Waals surface area contributed by atoms with Crippen molar-refractivity contribution < 1.29 is 14.3 Å². The number of methoxy groups -OCH3 is 1. The van der Waals surface area contributed by atoms with Gasteiger partial charge in [-0.3, -0.25) is 4.79 Å². The Kier molecular flexibility index (Phi) is 5.71. The number of carbonyl (C=O) groups is 2. The van der Waals surface area contributed by atoms with E-state index in [9.17, 15) is 9.59 Å². The molecule has 1 aromatic carbocycles. The van der Waals surface area contributed by atoms with Gasteiger partial charge in [0.15, 0.2) is 0 Å². The molecule has 0 fully saturated rings. The van der Waals surface area contributed by atoms with E-state index in [1.807, 2.05) is 31.2 Å². The number of aryl methyl sites for hydroxylation is 1. The maximum atomic E-state index is 12.2. The van der Waals surface area contributed by atoms with Gasteiger partial charge in [-0.25, -0.2) is 9.78 Å². The summed E-state index contributed by atoms with van der Waals surface area (Å²) in [5, 5.41) is 3.74. The van der Waals surface area contributed by atoms with Crippen molar-refractivity contribution in [3.63, 3.8) is 0 Å². The van der Waals surface area contributed by atoms with Crippen LogP contribution in [0.1, 0.15) is 38.1 Å². The van der Waals surface area contributed by atoms with E-state index in [0.717, 1.165) is 21.6 Å². The van der Waals surface area contributed by atoms with E-state index in [0.29, 0.717) is 19.3 Å². The van der Waals surface area contributed by atoms with Gasteiger partial charge in [0.05, 0.1) is 22.3 Å². The van der Waals surface area contributed by atoms with Crippen LogP contribution < -0.4 is 5.32 Å². The molecule has 1 N–H and O–H groups in total. The summed E-state index contributed by atoms with van der Waals surface area (Å²) in [5.41, 5.74) is -0.00736. The minimum Gasteiger partial charge on any atom is -0.467 e. The highest BCUT2D eigenvalue weighted by atomic mass is 32.1. The van der Waals surface area contributed by atoms with Gasteiger partial charge in [0.2, 0.25) is 5.91 Å². The van der Waals surface area contributed by atoms with Gasteiger partial charge in [0.1, 0.15) is 5.54 Å². The van der Waals surface area contributed by atoms with E-state index in [2.05, 4.69) is 10.3 Å². The van der Waals surface area contributed by atoms with E-state index < -0.39 is 11.5 Å². The number of thiazole rings is 1. The summed E-state index contributed by atoms with van der Waals surface area (Å²) in [7, 11) is 1.34. The Morgan fingerprint density at radius 2 is 2.09 bits per heavy atom. The first-order chi connectivity index (χ1) is 11.0. The molecular weight excluding hydrogens is 312 g/mol. The number of carbonyl (C=O) groups excluding carboxylic acids is 2. The molecule has 1 aromatic heterocycles. The Morgan fingerprint density at radius 1 is 1.35 bits per heavy atom. The number of esters is 1. The average Bonchev–Trinajstić information content (AvgIpc) is 2.95. The lowest BCUT2D eigenvalue weighted by Gasteiger charge is -2.27. The van der Waals surface area contributed by atoms with Gasteiger partial charge < -0.3 is 10.1 Å². The summed E-state index contributed by atoms with van der Waals surface area (Å²) in [6.45, 7) is 3.67. The van der Waals surface area contributed by atoms with Gasteiger partial charge in [-0.2, -0.15) is 0 Å². The minimum atomic E-state index is -0.964. The Bertz CT molecular complexity index is 665. The zero-order chi connectivity index (χ0) is 16.9. The van der Waals surface area contributed by atoms with Crippen molar-refractivity contribution in [3.8, 4) is 0 Å². The second-order valence-corrected chi connectivity index (χ2v) is 6.81. The van der Waals surface area contributed by atoms with Crippen LogP contribution in [0.15, 0.2) is 24.3 Å². The molecule has 2 rings (SSSR count). The molecular formula is C17H22N2O3S. The largest absolute Gasteiger partial charge is 0.467 e. The molecule has 0 bridgehead atoms. The smallest absolute Gasteiger partial charge is 0.331 e. The van der Waals surface area contributed by atoms with Crippen LogP contribution >= 0.6 is 11.3 Å². The molecule has 124 valence electrons. The fourth-order valence-electron chi connectivity index (χ4n) is 2.56. The Hall–Kier alpha value is -1.95. The molecule has 1 amide bonds. The third kappa shape index (κ3) is 4.28. The number of benzene rings is 1. The van der Waals surface area contributed by atoms with Crippen molar-refractivity contribution in [1.29, 1.82) is 0 Å². The number of hydrogen-bond donors (Lipinski definition) is 1. The summed E-state index contributed by atoms with van der Waals surface area (Å²) in [5.74, 6) is -0.571. The van der Waals surface area contributed by atoms with E-state index in [1.54, 1.807) is 18.3 Å². The molecule has 0 saturated carbocycles. The van der Waals surface area contributed by atoms with Crippen LogP contribution in [0.2, 0.25) is 0 Å². The number of ether oxygens (including phenoxy) is 1. The highest BCUT2D eigenvalue weighted by molar-refractivity contribution is 7.18. The second kappa shape index (κ2) is 7.55. The van der Waals surface area contributed by atoms with E-state index in [-0.39, 0.29) is 5.91 Å². The van der Waals surface area contributed by atoms with Crippen molar-refractivity contribution in [1.82, 2.24) is 10.3 Å². The number of rotatable bonds is 7. The predicted molar refractivity (Wildman–Crippen MR) is 91.4 cm³/mol. The van der Waals surface area contributed by atoms with E-state index >= 15 is 0 Å². The lowest BCUT2D eigenvalue weighted by molar-refractivity contribution is -0.150. The van der Waals surface area contributed by atoms with Crippen molar-refractivity contribution in [2.75, 3.05) is 7.11 Å². The summed E-state index contributed by atoms with van der Waals surface area (Å²) < 4.78 is 5.93. The molecule has 0 aliphatic heterocycles. The quantitative estimate of drug-likeness (QED) is 0.790. The fraction of sp³-hybridized carbons (Fsp3) is 0.471. The lowest BCUT2D eigenvalue weighted by Crippen LogP contribution is -2.52. The van der Waals surface area contributed by atoms with Crippen molar-refractivity contribution in [2.45, 2.75) is 45.1 Å². The molecule has 0 spiro atoms. The number of para-hydroxylation sites is 1. The van der Waals surface area contributed by atoms with E-state index in [1.165, 1.54) is 7.11 Å². The number of fused-ring (bicyclic) bond motifs is 1. The van der Waals surface area contributed by atoms with Crippen LogP contribution in [0, 0.1) is 0 Å². The number of aromatic nitrogens is 1. The van der Waals surface area contributed by atoms with Crippen molar-refractivity contribution >= 4 is 33.4 Å². The molecule has 1 atom stereocenters. The number of hydrogen-bond acceptors (Lipinski definition) is 5. The van der Waals surface area contributed by atoms with Gasteiger partial charge in [-0.05, 0) is 25.5 Å². The number of nitrogens with zero attached hydrogens (tertiary/aromatic N) is 1. The van der Waals surface area contributed by atoms with Crippen LogP contribution in [-0.4, -0.2) is 29.5 Å². The molecule has 0 aliphatic carbocycles. The average molecular weight is 334 g/mol. The molecule has 0 radical (unpaired) electrons. The first-order valence-corrected chi connectivity index (χ1v) is 8.54. The summed E-state index contributed by atoms with van der Waals surface area (Å²) in [4.78, 5) is 28.6. The Labute approximate surface area is 140 Å². The molecule has 23 heavy (non-hydrogen) atoms. The zero-order valence-corrected chi connectivity index (χ0v) is 14.5. The maximum absolute atomic E-state index is 12.2. The first kappa shape index (κ1) is 17.4. The van der Waals surface area contributed by atoms with Gasteiger partial charge in [-0.1, -0.05) is 25.5 Å². The topological polar surface area (TPSA) is 68.3 Å². The molecule has 6 heteroatoms. The zero-order valence-electron chi connectivity index (χ0n) is 13.7. The summed E-state index contributed by atoms with van der Waals surface area (Å²) in [6, 6.07) is 7.91. The van der Waals surface area contributed by atoms with Crippen LogP contribution in [-0.2, 0) is 20.7 Å². The molecule has 1 unspecified atom stereocenters. The fourth-order valence-corrected chi connectivity index (χ4v) is 3.53. The summed E-state index contributed by atoms with van der Waals surface area (Å²) in [6.07, 6.45) is 2.20. The third-order valence-electron chi connectivity index (χ3n) is 3.71. The van der Waals surface area contributed by atoms with Gasteiger partial charge >= 0.3 is 5.97 Å². The van der Waals surface area contributed by atoms with Crippen molar-refractivity contribution in [3.05, 3.63) is 29.3 Å². The standard InChI is InChI=1S/C17H22N2O3S/c1-4-11-17(2,16(21)22-3)19-14(20)9-10-15-18-12-7-5-6-8-13(12)23-15/h5-8H,4,9-11H2,1-3H3,(H,19,20). The van der Waals surface area contributed by atoms with Gasteiger partial charge in [-0.15, -0.1) is 11.3 Å².